The molecule has 1 aliphatic heterocycles. The first-order chi connectivity index (χ1) is 14.9. The van der Waals surface area contributed by atoms with Gasteiger partial charge in [-0.15, -0.1) is 0 Å². The number of likely N-dealkylation sites (N-methyl/N-ethyl adjacent to an activating group) is 1. The minimum Gasteiger partial charge on any atom is -0.360 e. The van der Waals surface area contributed by atoms with Gasteiger partial charge in [0.05, 0.1) is 4.90 Å². The number of rotatable bonds is 4. The van der Waals surface area contributed by atoms with Crippen LogP contribution in [-0.2, 0) is 10.0 Å². The molecule has 31 heavy (non-hydrogen) atoms. The molecule has 2 heterocycles. The van der Waals surface area contributed by atoms with E-state index in [2.05, 4.69) is 15.2 Å². The Kier molecular flexibility index (Phi) is 6.45. The molecule has 0 bridgehead atoms. The number of amides is 1. The third-order valence-electron chi connectivity index (χ3n) is 6.39. The van der Waals surface area contributed by atoms with Crippen LogP contribution in [0.25, 0.3) is 10.9 Å². The van der Waals surface area contributed by atoms with Crippen LogP contribution < -0.4 is 10.7 Å². The number of aromatic amines is 1. The number of fused-ring (bicyclic) bond motifs is 1. The highest BCUT2D eigenvalue weighted by atomic mass is 32.2. The fourth-order valence-corrected chi connectivity index (χ4v) is 5.84. The normalized spacial score (nSPS) is 19.9. The molecule has 1 saturated carbocycles. The number of piperazine rings is 1. The molecule has 2 aliphatic rings. The molecular formula is C22H30N4O4S. The van der Waals surface area contributed by atoms with E-state index in [-0.39, 0.29) is 21.9 Å². The number of aromatic nitrogens is 1. The summed E-state index contributed by atoms with van der Waals surface area (Å²) in [6.07, 6.45) is 7.76. The summed E-state index contributed by atoms with van der Waals surface area (Å²) in [5.74, 6) is -0.401. The minimum atomic E-state index is -3.70. The second-order valence-corrected chi connectivity index (χ2v) is 10.5. The summed E-state index contributed by atoms with van der Waals surface area (Å²) in [5.41, 5.74) is 0.0783. The SMILES string of the molecule is CN1CCN(S(=O)(=O)c2ccc3[nH]cc(C(=O)NC4CCCCCC4)c(=O)c3c2)CC1. The van der Waals surface area contributed by atoms with Crippen molar-refractivity contribution in [3.8, 4) is 0 Å². The van der Waals surface area contributed by atoms with Gasteiger partial charge >= 0.3 is 0 Å². The second kappa shape index (κ2) is 9.10. The Morgan fingerprint density at radius 3 is 2.42 bits per heavy atom. The lowest BCUT2D eigenvalue weighted by Gasteiger charge is -2.31. The average molecular weight is 447 g/mol. The molecule has 1 aromatic heterocycles. The first-order valence-corrected chi connectivity index (χ1v) is 12.5. The number of benzene rings is 1. The van der Waals surface area contributed by atoms with Crippen molar-refractivity contribution in [1.29, 1.82) is 0 Å². The fraction of sp³-hybridized carbons (Fsp3) is 0.545. The third kappa shape index (κ3) is 4.68. The maximum absolute atomic E-state index is 13.1. The zero-order valence-electron chi connectivity index (χ0n) is 17.9. The van der Waals surface area contributed by atoms with Gasteiger partial charge in [-0.1, -0.05) is 25.7 Å². The molecule has 4 rings (SSSR count). The molecule has 168 valence electrons. The smallest absolute Gasteiger partial charge is 0.256 e. The predicted molar refractivity (Wildman–Crippen MR) is 120 cm³/mol. The number of carbonyl (C=O) groups excluding carboxylic acids is 1. The Balaban J connectivity index is 1.62. The molecule has 1 aromatic carbocycles. The highest BCUT2D eigenvalue weighted by Crippen LogP contribution is 2.21. The van der Waals surface area contributed by atoms with E-state index < -0.39 is 21.4 Å². The Bertz CT molecular complexity index is 1110. The van der Waals surface area contributed by atoms with Crippen molar-refractivity contribution < 1.29 is 13.2 Å². The Morgan fingerprint density at radius 1 is 1.06 bits per heavy atom. The molecule has 9 heteroatoms. The van der Waals surface area contributed by atoms with Crippen LogP contribution in [0.4, 0.5) is 0 Å². The van der Waals surface area contributed by atoms with Crippen LogP contribution in [0.5, 0.6) is 0 Å². The van der Waals surface area contributed by atoms with Gasteiger partial charge in [0.1, 0.15) is 5.56 Å². The van der Waals surface area contributed by atoms with Gasteiger partial charge in [0, 0.05) is 49.3 Å². The summed E-state index contributed by atoms with van der Waals surface area (Å²) >= 11 is 0. The summed E-state index contributed by atoms with van der Waals surface area (Å²) in [6, 6.07) is 4.57. The lowest BCUT2D eigenvalue weighted by atomic mass is 10.1. The monoisotopic (exact) mass is 446 g/mol. The molecule has 0 spiro atoms. The highest BCUT2D eigenvalue weighted by molar-refractivity contribution is 7.89. The van der Waals surface area contributed by atoms with E-state index in [0.717, 1.165) is 25.7 Å². The Hall–Kier alpha value is -2.23. The van der Waals surface area contributed by atoms with Crippen molar-refractivity contribution in [3.63, 3.8) is 0 Å². The van der Waals surface area contributed by atoms with E-state index in [9.17, 15) is 18.0 Å². The van der Waals surface area contributed by atoms with E-state index in [4.69, 9.17) is 0 Å². The summed E-state index contributed by atoms with van der Waals surface area (Å²) in [7, 11) is -1.74. The summed E-state index contributed by atoms with van der Waals surface area (Å²) in [6.45, 7) is 2.16. The summed E-state index contributed by atoms with van der Waals surface area (Å²) in [5, 5.41) is 3.20. The highest BCUT2D eigenvalue weighted by Gasteiger charge is 2.28. The zero-order chi connectivity index (χ0) is 22.0. The van der Waals surface area contributed by atoms with Crippen molar-refractivity contribution in [3.05, 3.63) is 40.2 Å². The quantitative estimate of drug-likeness (QED) is 0.699. The van der Waals surface area contributed by atoms with Crippen LogP contribution in [0.15, 0.2) is 34.1 Å². The van der Waals surface area contributed by atoms with Gasteiger partial charge in [-0.2, -0.15) is 4.31 Å². The largest absolute Gasteiger partial charge is 0.360 e. The Labute approximate surface area is 182 Å². The van der Waals surface area contributed by atoms with E-state index in [1.807, 2.05) is 7.05 Å². The zero-order valence-corrected chi connectivity index (χ0v) is 18.7. The standard InChI is InChI=1S/C22H30N4O4S/c1-25-10-12-26(13-11-25)31(29,30)17-8-9-20-18(14-17)21(27)19(15-23-20)22(28)24-16-6-4-2-3-5-7-16/h8-9,14-16H,2-7,10-13H2,1H3,(H,23,27)(H,24,28). The molecule has 0 radical (unpaired) electrons. The summed E-state index contributed by atoms with van der Waals surface area (Å²) in [4.78, 5) is 31.0. The molecule has 1 saturated heterocycles. The van der Waals surface area contributed by atoms with E-state index in [1.165, 1.54) is 35.5 Å². The third-order valence-corrected chi connectivity index (χ3v) is 8.28. The van der Waals surface area contributed by atoms with Crippen molar-refractivity contribution in [1.82, 2.24) is 19.5 Å². The van der Waals surface area contributed by atoms with Gasteiger partial charge in [0.15, 0.2) is 0 Å². The first kappa shape index (κ1) is 22.0. The molecular weight excluding hydrogens is 416 g/mol. The number of hydrogen-bond donors (Lipinski definition) is 2. The first-order valence-electron chi connectivity index (χ1n) is 11.0. The molecule has 1 amide bonds. The van der Waals surface area contributed by atoms with E-state index >= 15 is 0 Å². The van der Waals surface area contributed by atoms with Crippen LogP contribution in [0.1, 0.15) is 48.9 Å². The van der Waals surface area contributed by atoms with Crippen LogP contribution in [0.2, 0.25) is 0 Å². The maximum atomic E-state index is 13.1. The van der Waals surface area contributed by atoms with Crippen molar-refractivity contribution in [2.45, 2.75) is 49.5 Å². The molecule has 0 atom stereocenters. The number of carbonyl (C=O) groups is 1. The van der Waals surface area contributed by atoms with Crippen molar-refractivity contribution >= 4 is 26.8 Å². The molecule has 1 aliphatic carbocycles. The van der Waals surface area contributed by atoms with Crippen LogP contribution in [0, 0.1) is 0 Å². The summed E-state index contributed by atoms with van der Waals surface area (Å²) < 4.78 is 27.6. The fourth-order valence-electron chi connectivity index (χ4n) is 4.39. The molecule has 2 fully saturated rings. The number of hydrogen-bond acceptors (Lipinski definition) is 5. The number of nitrogens with zero attached hydrogens (tertiary/aromatic N) is 2. The van der Waals surface area contributed by atoms with Crippen LogP contribution in [-0.4, -0.2) is 67.8 Å². The maximum Gasteiger partial charge on any atom is 0.256 e. The Morgan fingerprint density at radius 2 is 1.74 bits per heavy atom. The molecule has 8 nitrogen and oxygen atoms in total. The second-order valence-electron chi connectivity index (χ2n) is 8.61. The van der Waals surface area contributed by atoms with E-state index in [0.29, 0.717) is 31.7 Å². The predicted octanol–water partition coefficient (Wildman–Crippen LogP) is 1.92. The van der Waals surface area contributed by atoms with Gasteiger partial charge in [0.2, 0.25) is 15.5 Å². The number of nitrogens with one attached hydrogen (secondary N) is 2. The van der Waals surface area contributed by atoms with E-state index in [1.54, 1.807) is 6.07 Å². The average Bonchev–Trinajstić information content (AvgIpc) is 3.02. The molecule has 0 unspecified atom stereocenters. The van der Waals surface area contributed by atoms with Gasteiger partial charge in [-0.3, -0.25) is 9.59 Å². The van der Waals surface area contributed by atoms with Crippen molar-refractivity contribution in [2.75, 3.05) is 33.2 Å². The molecule has 2 aromatic rings. The van der Waals surface area contributed by atoms with Gasteiger partial charge in [-0.25, -0.2) is 8.42 Å². The van der Waals surface area contributed by atoms with Crippen LogP contribution >= 0.6 is 0 Å². The van der Waals surface area contributed by atoms with Gasteiger partial charge < -0.3 is 15.2 Å². The van der Waals surface area contributed by atoms with Crippen LogP contribution in [0.3, 0.4) is 0 Å². The molecule has 2 N–H and O–H groups in total. The van der Waals surface area contributed by atoms with Crippen molar-refractivity contribution in [2.24, 2.45) is 0 Å². The topological polar surface area (TPSA) is 103 Å². The van der Waals surface area contributed by atoms with Gasteiger partial charge in [0.25, 0.3) is 5.91 Å². The number of H-pyrrole nitrogens is 1. The number of sulfonamides is 1. The minimum absolute atomic E-state index is 0.0193. The lowest BCUT2D eigenvalue weighted by Crippen LogP contribution is -2.47. The lowest BCUT2D eigenvalue weighted by molar-refractivity contribution is 0.0932. The number of pyridine rings is 1. The van der Waals surface area contributed by atoms with Gasteiger partial charge in [-0.05, 0) is 38.1 Å².